The fourth-order valence-corrected chi connectivity index (χ4v) is 4.48. The van der Waals surface area contributed by atoms with Gasteiger partial charge in [0.1, 0.15) is 21.4 Å². The lowest BCUT2D eigenvalue weighted by Crippen LogP contribution is -2.34. The van der Waals surface area contributed by atoms with Gasteiger partial charge < -0.3 is 19.7 Å². The first-order valence-corrected chi connectivity index (χ1v) is 10.2. The summed E-state index contributed by atoms with van der Waals surface area (Å²) in [6.07, 6.45) is 2.37. The van der Waals surface area contributed by atoms with Gasteiger partial charge in [0.05, 0.1) is 32.0 Å². The third-order valence-corrected chi connectivity index (χ3v) is 6.44. The van der Waals surface area contributed by atoms with Crippen molar-refractivity contribution in [1.29, 1.82) is 0 Å². The van der Waals surface area contributed by atoms with Gasteiger partial charge in [0.15, 0.2) is 0 Å². The average molecular weight is 378 g/mol. The number of ether oxygens (including phenoxy) is 2. The molecular weight excluding hydrogens is 350 g/mol. The summed E-state index contributed by atoms with van der Waals surface area (Å²) in [6.45, 7) is -0.0722. The van der Waals surface area contributed by atoms with E-state index >= 15 is 0 Å². The number of aliphatic hydroxyl groups excluding tert-OH is 2. The molecule has 146 valence electrons. The highest BCUT2D eigenvalue weighted by molar-refractivity contribution is 6.42. The van der Waals surface area contributed by atoms with Gasteiger partial charge in [-0.05, 0) is 46.4 Å². The van der Waals surface area contributed by atoms with E-state index in [1.165, 1.54) is 23.1 Å². The molecule has 0 saturated carbocycles. The van der Waals surface area contributed by atoms with E-state index < -0.39 is 6.10 Å². The van der Waals surface area contributed by atoms with Gasteiger partial charge in [-0.1, -0.05) is 35.9 Å². The highest BCUT2D eigenvalue weighted by Crippen LogP contribution is 2.39. The van der Waals surface area contributed by atoms with E-state index in [9.17, 15) is 10.2 Å². The number of benzene rings is 2. The Kier molecular flexibility index (Phi) is 5.30. The van der Waals surface area contributed by atoms with Crippen LogP contribution in [-0.4, -0.2) is 51.8 Å². The minimum atomic E-state index is -0.456. The van der Waals surface area contributed by atoms with Gasteiger partial charge in [-0.15, -0.1) is 0 Å². The van der Waals surface area contributed by atoms with Crippen molar-refractivity contribution < 1.29 is 19.7 Å². The molecule has 2 N–H and O–H groups in total. The van der Waals surface area contributed by atoms with E-state index in [1.807, 2.05) is 12.1 Å². The van der Waals surface area contributed by atoms with Crippen molar-refractivity contribution in [3.8, 4) is 5.75 Å². The molecule has 1 aliphatic carbocycles. The van der Waals surface area contributed by atoms with Crippen LogP contribution in [0.5, 0.6) is 5.75 Å². The van der Waals surface area contributed by atoms with Crippen molar-refractivity contribution in [3.05, 3.63) is 64.2 Å². The Bertz CT molecular complexity index is 868. The van der Waals surface area contributed by atoms with Crippen molar-refractivity contribution in [2.45, 2.75) is 49.2 Å². The van der Waals surface area contributed by atoms with E-state index in [2.05, 4.69) is 40.0 Å². The predicted octanol–water partition coefficient (Wildman–Crippen LogP) is 0.834. The van der Waals surface area contributed by atoms with Crippen LogP contribution >= 0.6 is 0 Å². The Morgan fingerprint density at radius 3 is 2.54 bits per heavy atom. The minimum absolute atomic E-state index is 0.0722. The van der Waals surface area contributed by atoms with Gasteiger partial charge in [0, 0.05) is 12.8 Å². The van der Waals surface area contributed by atoms with Crippen LogP contribution < -0.4 is 4.74 Å². The van der Waals surface area contributed by atoms with Gasteiger partial charge in [-0.2, -0.15) is 0 Å². The van der Waals surface area contributed by atoms with Crippen molar-refractivity contribution in [2.24, 2.45) is 0 Å². The molecule has 0 radical (unpaired) electrons. The summed E-state index contributed by atoms with van der Waals surface area (Å²) in [4.78, 5) is 0. The number of methoxy groups -OCH3 is 1. The van der Waals surface area contributed by atoms with Crippen LogP contribution in [0.1, 0.15) is 46.8 Å². The zero-order valence-corrected chi connectivity index (χ0v) is 16.9. The van der Waals surface area contributed by atoms with Crippen LogP contribution in [0.25, 0.3) is 0 Å². The summed E-state index contributed by atoms with van der Waals surface area (Å²) in [5.41, 5.74) is 6.31. The normalized spacial score (nSPS) is 24.3. The summed E-state index contributed by atoms with van der Waals surface area (Å²) >= 11 is 0. The number of aryl methyl sites for hydroxylation is 2. The van der Waals surface area contributed by atoms with Crippen LogP contribution in [0.4, 0.5) is 0 Å². The molecule has 0 bridgehead atoms. The number of rotatable bonds is 5. The second-order valence-corrected chi connectivity index (χ2v) is 8.62. The first-order chi connectivity index (χ1) is 13.4. The Hall–Kier alpha value is -1.75. The van der Waals surface area contributed by atoms with E-state index in [0.717, 1.165) is 23.3 Å². The molecule has 2 aromatic carbocycles. The van der Waals surface area contributed by atoms with Crippen LogP contribution in [0, 0.1) is 0 Å². The molecule has 2 aromatic rings. The first-order valence-electron chi connectivity index (χ1n) is 10.2. The van der Waals surface area contributed by atoms with Crippen LogP contribution in [-0.2, 0) is 22.8 Å². The Balaban J connectivity index is 1.71. The van der Waals surface area contributed by atoms with Crippen LogP contribution in [0.3, 0.4) is 0 Å². The molecule has 1 fully saturated rings. The number of hydrogen-bond acceptors (Lipinski definition) is 4. The molecular formula is C22H28B2O4. The molecule has 0 aromatic heterocycles. The summed E-state index contributed by atoms with van der Waals surface area (Å²) in [5.74, 6) is 0.853. The average Bonchev–Trinajstić information content (AvgIpc) is 2.67. The number of hydrogen-bond donors (Lipinski definition) is 2. The lowest BCUT2D eigenvalue weighted by atomic mass is 9.47. The maximum Gasteiger partial charge on any atom is 0.121 e. The van der Waals surface area contributed by atoms with Gasteiger partial charge in [-0.3, -0.25) is 0 Å². The first kappa shape index (κ1) is 19.6. The summed E-state index contributed by atoms with van der Waals surface area (Å²) < 4.78 is 11.7. The predicted molar refractivity (Wildman–Crippen MR) is 115 cm³/mol. The maximum atomic E-state index is 10.2. The van der Waals surface area contributed by atoms with E-state index in [0.29, 0.717) is 12.8 Å². The second-order valence-electron chi connectivity index (χ2n) is 8.62. The molecule has 3 unspecified atom stereocenters. The van der Waals surface area contributed by atoms with Crippen molar-refractivity contribution in [1.82, 2.24) is 0 Å². The Morgan fingerprint density at radius 2 is 1.89 bits per heavy atom. The molecule has 1 aliphatic heterocycles. The van der Waals surface area contributed by atoms with Gasteiger partial charge in [-0.25, -0.2) is 0 Å². The van der Waals surface area contributed by atoms with Crippen molar-refractivity contribution >= 4 is 15.7 Å². The summed E-state index contributed by atoms with van der Waals surface area (Å²) in [6, 6.07) is 13.0. The van der Waals surface area contributed by atoms with E-state index in [4.69, 9.17) is 9.47 Å². The third kappa shape index (κ3) is 3.49. The molecule has 2 aliphatic rings. The molecule has 3 atom stereocenters. The molecule has 4 rings (SSSR count). The monoisotopic (exact) mass is 378 g/mol. The molecule has 4 nitrogen and oxygen atoms in total. The molecule has 28 heavy (non-hydrogen) atoms. The van der Waals surface area contributed by atoms with E-state index in [1.54, 1.807) is 7.11 Å². The number of fused-ring (bicyclic) bond motifs is 1. The van der Waals surface area contributed by atoms with Gasteiger partial charge >= 0.3 is 0 Å². The van der Waals surface area contributed by atoms with Crippen molar-refractivity contribution in [3.63, 3.8) is 0 Å². The third-order valence-electron chi connectivity index (χ3n) is 6.44. The fourth-order valence-electron chi connectivity index (χ4n) is 4.48. The zero-order valence-electron chi connectivity index (χ0n) is 16.9. The molecule has 0 spiro atoms. The molecule has 1 heterocycles. The minimum Gasteiger partial charge on any atom is -0.497 e. The molecule has 6 heteroatoms. The lowest BCUT2D eigenvalue weighted by Gasteiger charge is -2.34. The van der Waals surface area contributed by atoms with E-state index in [-0.39, 0.29) is 24.0 Å². The standard InChI is InChI=1S/C22H28B2O4/c1-27-20-7-5-15(21-11-17(26)10-18(12-25)28-21)9-19(20)22(23,24)16-6-4-13-2-3-14(13)8-16/h4-9,17-18,21,25-26H,2-3,10-12,23-24H2,1H3. The molecule has 1 saturated heterocycles. The van der Waals surface area contributed by atoms with Crippen LogP contribution in [0.2, 0.25) is 0 Å². The second kappa shape index (κ2) is 7.58. The van der Waals surface area contributed by atoms with Gasteiger partial charge in [0.25, 0.3) is 0 Å². The highest BCUT2D eigenvalue weighted by atomic mass is 16.5. The molecule has 0 amide bonds. The topological polar surface area (TPSA) is 58.9 Å². The number of aliphatic hydroxyl groups is 2. The summed E-state index contributed by atoms with van der Waals surface area (Å²) in [5, 5.41) is 19.5. The lowest BCUT2D eigenvalue weighted by molar-refractivity contribution is -0.113. The Morgan fingerprint density at radius 1 is 1.11 bits per heavy atom. The zero-order chi connectivity index (χ0) is 19.9. The largest absolute Gasteiger partial charge is 0.497 e. The SMILES string of the molecule is BC(B)(c1ccc2c(c1)CC2)c1cc(C2CC(O)CC(CO)O2)ccc1OC. The highest BCUT2D eigenvalue weighted by Gasteiger charge is 2.32. The quantitative estimate of drug-likeness (QED) is 0.758. The smallest absolute Gasteiger partial charge is 0.121 e. The maximum absolute atomic E-state index is 10.2. The fraction of sp³-hybridized carbons (Fsp3) is 0.455. The van der Waals surface area contributed by atoms with Gasteiger partial charge in [0.2, 0.25) is 0 Å². The van der Waals surface area contributed by atoms with Crippen LogP contribution in [0.15, 0.2) is 36.4 Å². The van der Waals surface area contributed by atoms with Crippen molar-refractivity contribution in [2.75, 3.05) is 13.7 Å². The summed E-state index contributed by atoms with van der Waals surface area (Å²) in [7, 11) is 6.15. The Labute approximate surface area is 168 Å².